The second-order valence-corrected chi connectivity index (χ2v) is 7.08. The Morgan fingerprint density at radius 2 is 1.80 bits per heavy atom. The Kier molecular flexibility index (Phi) is 4.04. The molecular formula is C20H26. The molecule has 2 unspecified atom stereocenters. The molecule has 20 heavy (non-hydrogen) atoms. The van der Waals surface area contributed by atoms with E-state index in [0.717, 1.165) is 0 Å². The normalized spacial score (nSPS) is 19.7. The van der Waals surface area contributed by atoms with Gasteiger partial charge in [0.25, 0.3) is 0 Å². The highest BCUT2D eigenvalue weighted by Gasteiger charge is 2.33. The van der Waals surface area contributed by atoms with Crippen molar-refractivity contribution in [2.75, 3.05) is 0 Å². The minimum absolute atomic E-state index is 0.345. The number of fused-ring (bicyclic) bond motifs is 1. The second kappa shape index (κ2) is 5.44. The maximum atomic E-state index is 4.05. The molecule has 0 amide bonds. The van der Waals surface area contributed by atoms with Crippen LogP contribution in [-0.2, 0) is 0 Å². The van der Waals surface area contributed by atoms with E-state index in [1.807, 2.05) is 12.2 Å². The minimum atomic E-state index is 0.345. The Labute approximate surface area is 123 Å². The zero-order chi connectivity index (χ0) is 14.9. The molecule has 0 saturated heterocycles. The fourth-order valence-corrected chi connectivity index (χ4v) is 3.67. The van der Waals surface area contributed by atoms with Gasteiger partial charge in [0.2, 0.25) is 0 Å². The Hall–Kier alpha value is -1.56. The quantitative estimate of drug-likeness (QED) is 0.628. The van der Waals surface area contributed by atoms with Crippen molar-refractivity contribution in [3.8, 4) is 0 Å². The topological polar surface area (TPSA) is 0 Å². The van der Waals surface area contributed by atoms with Gasteiger partial charge in [-0.05, 0) is 40.0 Å². The Balaban J connectivity index is 2.49. The summed E-state index contributed by atoms with van der Waals surface area (Å²) in [5.74, 6) is 1.05. The highest BCUT2D eigenvalue weighted by atomic mass is 14.4. The molecule has 1 aliphatic rings. The highest BCUT2D eigenvalue weighted by molar-refractivity contribution is 5.85. The zero-order valence-electron chi connectivity index (χ0n) is 13.2. The molecule has 0 heteroatoms. The lowest BCUT2D eigenvalue weighted by atomic mass is 9.75. The van der Waals surface area contributed by atoms with Crippen LogP contribution >= 0.6 is 0 Å². The first kappa shape index (κ1) is 14.8. The van der Waals surface area contributed by atoms with Gasteiger partial charge in [-0.1, -0.05) is 77.3 Å². The van der Waals surface area contributed by atoms with Gasteiger partial charge in [0.1, 0.15) is 0 Å². The molecule has 1 aromatic rings. The van der Waals surface area contributed by atoms with Gasteiger partial charge in [0.05, 0.1) is 0 Å². The van der Waals surface area contributed by atoms with Gasteiger partial charge in [0, 0.05) is 5.92 Å². The summed E-state index contributed by atoms with van der Waals surface area (Å²) < 4.78 is 0. The highest BCUT2D eigenvalue weighted by Crippen LogP contribution is 2.48. The van der Waals surface area contributed by atoms with E-state index in [-0.39, 0.29) is 0 Å². The molecule has 106 valence electrons. The van der Waals surface area contributed by atoms with E-state index in [4.69, 9.17) is 0 Å². The molecule has 0 aliphatic heterocycles. The van der Waals surface area contributed by atoms with E-state index < -0.39 is 0 Å². The van der Waals surface area contributed by atoms with Crippen molar-refractivity contribution < 1.29 is 0 Å². The summed E-state index contributed by atoms with van der Waals surface area (Å²) in [6, 6.07) is 8.72. The van der Waals surface area contributed by atoms with Crippen LogP contribution < -0.4 is 0 Å². The minimum Gasteiger partial charge on any atom is -0.0987 e. The average Bonchev–Trinajstić information content (AvgIpc) is 2.69. The molecule has 2 atom stereocenters. The lowest BCUT2D eigenvalue weighted by Crippen LogP contribution is -2.17. The molecule has 0 nitrogen and oxygen atoms in total. The van der Waals surface area contributed by atoms with Crippen molar-refractivity contribution in [3.05, 3.63) is 66.3 Å². The third-order valence-corrected chi connectivity index (χ3v) is 4.16. The molecule has 0 aromatic heterocycles. The van der Waals surface area contributed by atoms with Crippen LogP contribution in [0, 0.1) is 11.3 Å². The van der Waals surface area contributed by atoms with Crippen molar-refractivity contribution in [1.82, 2.24) is 0 Å². The lowest BCUT2D eigenvalue weighted by Gasteiger charge is -2.29. The molecule has 1 aliphatic carbocycles. The fraction of sp³-hybridized carbons (Fsp3) is 0.400. The molecule has 2 rings (SSSR count). The van der Waals surface area contributed by atoms with Gasteiger partial charge in [-0.2, -0.15) is 0 Å². The lowest BCUT2D eigenvalue weighted by molar-refractivity contribution is 0.291. The maximum Gasteiger partial charge on any atom is 0.0127 e. The third-order valence-electron chi connectivity index (χ3n) is 4.16. The molecule has 0 saturated carbocycles. The Morgan fingerprint density at radius 3 is 2.35 bits per heavy atom. The van der Waals surface area contributed by atoms with Crippen molar-refractivity contribution in [2.45, 2.75) is 40.0 Å². The van der Waals surface area contributed by atoms with Crippen molar-refractivity contribution in [2.24, 2.45) is 11.3 Å². The number of hydrogen-bond acceptors (Lipinski definition) is 0. The van der Waals surface area contributed by atoms with Crippen LogP contribution in [-0.4, -0.2) is 0 Å². The van der Waals surface area contributed by atoms with E-state index >= 15 is 0 Å². The molecule has 0 N–H and O–H groups in total. The summed E-state index contributed by atoms with van der Waals surface area (Å²) >= 11 is 0. The summed E-state index contributed by atoms with van der Waals surface area (Å²) in [6.45, 7) is 17.4. The van der Waals surface area contributed by atoms with Crippen molar-refractivity contribution in [3.63, 3.8) is 0 Å². The van der Waals surface area contributed by atoms with Gasteiger partial charge in [-0.3, -0.25) is 0 Å². The van der Waals surface area contributed by atoms with Crippen LogP contribution in [0.3, 0.4) is 0 Å². The van der Waals surface area contributed by atoms with E-state index in [1.54, 1.807) is 0 Å². The van der Waals surface area contributed by atoms with Crippen LogP contribution in [0.4, 0.5) is 0 Å². The van der Waals surface area contributed by atoms with E-state index in [1.165, 1.54) is 28.7 Å². The van der Waals surface area contributed by atoms with Crippen LogP contribution in [0.1, 0.15) is 51.2 Å². The third kappa shape index (κ3) is 2.65. The molecular weight excluding hydrogens is 240 g/mol. The zero-order valence-corrected chi connectivity index (χ0v) is 13.2. The first-order valence-electron chi connectivity index (χ1n) is 7.47. The van der Waals surface area contributed by atoms with Gasteiger partial charge < -0.3 is 0 Å². The van der Waals surface area contributed by atoms with E-state index in [0.29, 0.717) is 17.3 Å². The van der Waals surface area contributed by atoms with E-state index in [2.05, 4.69) is 65.1 Å². The largest absolute Gasteiger partial charge is 0.0987 e. The van der Waals surface area contributed by atoms with Crippen LogP contribution in [0.5, 0.6) is 0 Å². The van der Waals surface area contributed by atoms with E-state index in [9.17, 15) is 0 Å². The first-order valence-corrected chi connectivity index (χ1v) is 7.47. The Morgan fingerprint density at radius 1 is 1.15 bits per heavy atom. The smallest absolute Gasteiger partial charge is 0.0127 e. The number of rotatable bonds is 4. The first-order chi connectivity index (χ1) is 9.39. The summed E-state index contributed by atoms with van der Waals surface area (Å²) in [4.78, 5) is 0. The maximum absolute atomic E-state index is 4.05. The molecule has 0 fully saturated rings. The number of hydrogen-bond donors (Lipinski definition) is 0. The van der Waals surface area contributed by atoms with Crippen molar-refractivity contribution >= 4 is 5.57 Å². The standard InChI is InChI=1S/C20H26/c1-7-15-16(8-2)19(14(3)13-20(4,5)6)18-12-10-9-11-17(15)18/h7-12,14,19H,1-2,13H2,3-6H3. The summed E-state index contributed by atoms with van der Waals surface area (Å²) in [7, 11) is 0. The monoisotopic (exact) mass is 266 g/mol. The summed E-state index contributed by atoms with van der Waals surface area (Å²) in [6.07, 6.45) is 5.22. The van der Waals surface area contributed by atoms with Gasteiger partial charge in [0.15, 0.2) is 0 Å². The predicted octanol–water partition coefficient (Wildman–Crippen LogP) is 5.98. The molecule has 0 bridgehead atoms. The molecule has 0 heterocycles. The Bertz CT molecular complexity index is 552. The van der Waals surface area contributed by atoms with Crippen LogP contribution in [0.15, 0.2) is 55.1 Å². The molecule has 0 radical (unpaired) electrons. The number of allylic oxidation sites excluding steroid dienone is 4. The second-order valence-electron chi connectivity index (χ2n) is 7.08. The van der Waals surface area contributed by atoms with Crippen molar-refractivity contribution in [1.29, 1.82) is 0 Å². The van der Waals surface area contributed by atoms with Gasteiger partial charge in [-0.25, -0.2) is 0 Å². The van der Waals surface area contributed by atoms with Crippen LogP contribution in [0.2, 0.25) is 0 Å². The SMILES string of the molecule is C=CC1=C(C=C)C(C(C)CC(C)(C)C)c2ccccc21. The molecule has 0 spiro atoms. The fourth-order valence-electron chi connectivity index (χ4n) is 3.67. The van der Waals surface area contributed by atoms with Gasteiger partial charge >= 0.3 is 0 Å². The number of benzene rings is 1. The van der Waals surface area contributed by atoms with Crippen LogP contribution in [0.25, 0.3) is 5.57 Å². The molecule has 1 aromatic carbocycles. The predicted molar refractivity (Wildman–Crippen MR) is 89.7 cm³/mol. The van der Waals surface area contributed by atoms with Gasteiger partial charge in [-0.15, -0.1) is 0 Å². The summed E-state index contributed by atoms with van der Waals surface area (Å²) in [5, 5.41) is 0. The average molecular weight is 266 g/mol. The summed E-state index contributed by atoms with van der Waals surface area (Å²) in [5.41, 5.74) is 5.73.